The molecule has 27 heavy (non-hydrogen) atoms. The summed E-state index contributed by atoms with van der Waals surface area (Å²) in [5.74, 6) is 1.24. The lowest BCUT2D eigenvalue weighted by atomic mass is 9.67. The molecule has 3 N–H and O–H groups in total. The minimum absolute atomic E-state index is 0. The van der Waals surface area contributed by atoms with Crippen molar-refractivity contribution in [1.82, 2.24) is 5.32 Å². The van der Waals surface area contributed by atoms with Crippen LogP contribution in [0.5, 0.6) is 0 Å². The van der Waals surface area contributed by atoms with E-state index in [1.807, 2.05) is 0 Å². The predicted molar refractivity (Wildman–Crippen MR) is 116 cm³/mol. The number of hydrogen-bond donors (Lipinski definition) is 2. The third-order valence-electron chi connectivity index (χ3n) is 6.52. The molecule has 0 radical (unpaired) electrons. The van der Waals surface area contributed by atoms with Crippen molar-refractivity contribution in [3.63, 3.8) is 0 Å². The Bertz CT molecular complexity index is 634. The highest BCUT2D eigenvalue weighted by molar-refractivity contribution is 6.00. The summed E-state index contributed by atoms with van der Waals surface area (Å²) in [6, 6.07) is 6.95. The molecule has 2 aliphatic carbocycles. The van der Waals surface area contributed by atoms with Crippen molar-refractivity contribution in [2.75, 3.05) is 18.0 Å². The molecule has 3 aliphatic rings. The first-order valence-electron chi connectivity index (χ1n) is 10.0. The molecule has 1 aliphatic heterocycles. The van der Waals surface area contributed by atoms with Crippen LogP contribution in [0.15, 0.2) is 18.2 Å². The summed E-state index contributed by atoms with van der Waals surface area (Å²) < 4.78 is 0. The summed E-state index contributed by atoms with van der Waals surface area (Å²) in [7, 11) is 0. The third kappa shape index (κ3) is 4.72. The molecule has 1 heterocycles. The number of rotatable bonds is 3. The summed E-state index contributed by atoms with van der Waals surface area (Å²) in [5, 5.41) is 3.43. The zero-order valence-corrected chi connectivity index (χ0v) is 17.8. The highest BCUT2D eigenvalue weighted by atomic mass is 35.5. The van der Waals surface area contributed by atoms with Gasteiger partial charge in [0.1, 0.15) is 0 Å². The molecule has 4 nitrogen and oxygen atoms in total. The zero-order valence-electron chi connectivity index (χ0n) is 16.2. The molecule has 1 aromatic rings. The number of aryl methyl sites for hydroxylation is 1. The standard InChI is InChI=1S/C21H31N3O.2ClH/c1-14-7-8-19(24-9-2-3-10-24)18(11-14)21(25)23-20-15-5-4-6-16(20)13-17(22)12-15;;/h7-8,11,15-17,20H,2-6,9-10,12-13,22H2,1H3,(H,23,25);2*1H. The smallest absolute Gasteiger partial charge is 0.253 e. The van der Waals surface area contributed by atoms with Gasteiger partial charge in [0, 0.05) is 30.9 Å². The van der Waals surface area contributed by atoms with Gasteiger partial charge in [0.05, 0.1) is 5.56 Å². The molecule has 2 atom stereocenters. The van der Waals surface area contributed by atoms with E-state index in [0.29, 0.717) is 23.9 Å². The number of fused-ring (bicyclic) bond motifs is 2. The number of hydrogen-bond acceptors (Lipinski definition) is 3. The lowest BCUT2D eigenvalue weighted by molar-refractivity contribution is 0.0756. The molecule has 2 bridgehead atoms. The van der Waals surface area contributed by atoms with Gasteiger partial charge in [0.15, 0.2) is 0 Å². The van der Waals surface area contributed by atoms with Gasteiger partial charge in [-0.25, -0.2) is 0 Å². The van der Waals surface area contributed by atoms with Crippen LogP contribution in [0.3, 0.4) is 0 Å². The topological polar surface area (TPSA) is 58.4 Å². The van der Waals surface area contributed by atoms with Crippen molar-refractivity contribution >= 4 is 36.4 Å². The zero-order chi connectivity index (χ0) is 17.4. The summed E-state index contributed by atoms with van der Waals surface area (Å²) >= 11 is 0. The van der Waals surface area contributed by atoms with Crippen LogP contribution in [-0.2, 0) is 0 Å². The van der Waals surface area contributed by atoms with Gasteiger partial charge in [-0.2, -0.15) is 0 Å². The summed E-state index contributed by atoms with van der Waals surface area (Å²) in [6.45, 7) is 4.19. The Morgan fingerprint density at radius 2 is 1.70 bits per heavy atom. The van der Waals surface area contributed by atoms with E-state index in [1.165, 1.54) is 32.1 Å². The number of nitrogens with one attached hydrogen (secondary N) is 1. The molecule has 3 fully saturated rings. The number of nitrogens with zero attached hydrogens (tertiary/aromatic N) is 1. The molecule has 4 rings (SSSR count). The van der Waals surface area contributed by atoms with Gasteiger partial charge < -0.3 is 16.0 Å². The Labute approximate surface area is 175 Å². The predicted octanol–water partition coefficient (Wildman–Crippen LogP) is 4.07. The van der Waals surface area contributed by atoms with E-state index in [-0.39, 0.29) is 30.7 Å². The van der Waals surface area contributed by atoms with Crippen molar-refractivity contribution in [3.8, 4) is 0 Å². The van der Waals surface area contributed by atoms with Gasteiger partial charge >= 0.3 is 0 Å². The summed E-state index contributed by atoms with van der Waals surface area (Å²) in [5.41, 5.74) is 9.35. The van der Waals surface area contributed by atoms with Crippen LogP contribution in [-0.4, -0.2) is 31.1 Å². The van der Waals surface area contributed by atoms with E-state index in [0.717, 1.165) is 42.7 Å². The highest BCUT2D eigenvalue weighted by Crippen LogP contribution is 2.40. The minimum atomic E-state index is 0. The molecule has 2 saturated carbocycles. The van der Waals surface area contributed by atoms with Crippen LogP contribution in [0.25, 0.3) is 0 Å². The molecular weight excluding hydrogens is 381 g/mol. The Balaban J connectivity index is 0.00000131. The molecule has 152 valence electrons. The first-order valence-corrected chi connectivity index (χ1v) is 10.0. The second kappa shape index (κ2) is 9.49. The van der Waals surface area contributed by atoms with Crippen molar-refractivity contribution in [3.05, 3.63) is 29.3 Å². The van der Waals surface area contributed by atoms with Gasteiger partial charge in [-0.1, -0.05) is 18.1 Å². The van der Waals surface area contributed by atoms with Crippen LogP contribution >= 0.6 is 24.8 Å². The normalized spacial score (nSPS) is 29.5. The Kier molecular flexibility index (Phi) is 7.84. The molecule has 1 amide bonds. The fraction of sp³-hybridized carbons (Fsp3) is 0.667. The summed E-state index contributed by atoms with van der Waals surface area (Å²) in [6.07, 6.45) is 8.28. The largest absolute Gasteiger partial charge is 0.371 e. The molecule has 6 heteroatoms. The number of carbonyl (C=O) groups excluding carboxylic acids is 1. The molecule has 2 unspecified atom stereocenters. The Morgan fingerprint density at radius 1 is 1.07 bits per heavy atom. The van der Waals surface area contributed by atoms with Crippen LogP contribution in [0.4, 0.5) is 5.69 Å². The van der Waals surface area contributed by atoms with E-state index in [9.17, 15) is 4.79 Å². The minimum Gasteiger partial charge on any atom is -0.371 e. The van der Waals surface area contributed by atoms with Crippen molar-refractivity contribution in [2.45, 2.75) is 64.0 Å². The Morgan fingerprint density at radius 3 is 2.33 bits per heavy atom. The maximum absolute atomic E-state index is 13.2. The second-order valence-electron chi connectivity index (χ2n) is 8.40. The number of anilines is 1. The maximum atomic E-state index is 13.2. The summed E-state index contributed by atoms with van der Waals surface area (Å²) in [4.78, 5) is 15.6. The number of benzene rings is 1. The fourth-order valence-electron chi connectivity index (χ4n) is 5.32. The second-order valence-corrected chi connectivity index (χ2v) is 8.40. The van der Waals surface area contributed by atoms with E-state index in [4.69, 9.17) is 5.73 Å². The van der Waals surface area contributed by atoms with E-state index in [1.54, 1.807) is 0 Å². The van der Waals surface area contributed by atoms with Gasteiger partial charge in [-0.15, -0.1) is 24.8 Å². The SMILES string of the molecule is Cc1ccc(N2CCCC2)c(C(=O)NC2C3CCCC2CC(N)C3)c1.Cl.Cl. The monoisotopic (exact) mass is 413 g/mol. The van der Waals surface area contributed by atoms with Gasteiger partial charge in [0.2, 0.25) is 0 Å². The van der Waals surface area contributed by atoms with Crippen molar-refractivity contribution < 1.29 is 4.79 Å². The van der Waals surface area contributed by atoms with Crippen LogP contribution < -0.4 is 16.0 Å². The van der Waals surface area contributed by atoms with Crippen molar-refractivity contribution in [1.29, 1.82) is 0 Å². The lowest BCUT2D eigenvalue weighted by Gasteiger charge is -2.45. The third-order valence-corrected chi connectivity index (χ3v) is 6.52. The van der Waals surface area contributed by atoms with Crippen LogP contribution in [0.2, 0.25) is 0 Å². The maximum Gasteiger partial charge on any atom is 0.253 e. The molecule has 0 spiro atoms. The number of amides is 1. The number of nitrogens with two attached hydrogens (primary N) is 1. The lowest BCUT2D eigenvalue weighted by Crippen LogP contribution is -2.53. The van der Waals surface area contributed by atoms with E-state index < -0.39 is 0 Å². The molecule has 0 aromatic heterocycles. The quantitative estimate of drug-likeness (QED) is 0.784. The molecule has 1 saturated heterocycles. The fourth-order valence-corrected chi connectivity index (χ4v) is 5.32. The van der Waals surface area contributed by atoms with Gasteiger partial charge in [-0.05, 0) is 69.4 Å². The average Bonchev–Trinajstić information content (AvgIpc) is 3.10. The average molecular weight is 414 g/mol. The van der Waals surface area contributed by atoms with E-state index >= 15 is 0 Å². The molecular formula is C21H33Cl2N3O. The van der Waals surface area contributed by atoms with Crippen LogP contribution in [0, 0.1) is 18.8 Å². The first kappa shape index (κ1) is 22.3. The van der Waals surface area contributed by atoms with E-state index in [2.05, 4.69) is 35.3 Å². The highest BCUT2D eigenvalue weighted by Gasteiger charge is 2.40. The number of carbonyl (C=O) groups is 1. The van der Waals surface area contributed by atoms with Crippen LogP contribution in [0.1, 0.15) is 60.9 Å². The Hall–Kier alpha value is -0.970. The van der Waals surface area contributed by atoms with Crippen molar-refractivity contribution in [2.24, 2.45) is 17.6 Å². The van der Waals surface area contributed by atoms with Gasteiger partial charge in [-0.3, -0.25) is 4.79 Å². The first-order chi connectivity index (χ1) is 12.1. The van der Waals surface area contributed by atoms with Gasteiger partial charge in [0.25, 0.3) is 5.91 Å². The number of halogens is 2. The molecule has 1 aromatic carbocycles.